The van der Waals surface area contributed by atoms with Gasteiger partial charge in [-0.3, -0.25) is 14.6 Å². The number of nitrogen functional groups attached to an aromatic ring is 1. The molecule has 1 unspecified atom stereocenters. The summed E-state index contributed by atoms with van der Waals surface area (Å²) < 4.78 is 0. The summed E-state index contributed by atoms with van der Waals surface area (Å²) in [5, 5.41) is 0. The third kappa shape index (κ3) is 3.99. The summed E-state index contributed by atoms with van der Waals surface area (Å²) in [5.41, 5.74) is 7.85. The Hall–Kier alpha value is -1.99. The predicted octanol–water partition coefficient (Wildman–Crippen LogP) is 1.63. The average molecular weight is 394 g/mol. The second-order valence-electron chi connectivity index (χ2n) is 7.40. The van der Waals surface area contributed by atoms with Gasteiger partial charge in [0.2, 0.25) is 0 Å². The van der Waals surface area contributed by atoms with Crippen LogP contribution in [0.2, 0.25) is 0 Å². The Morgan fingerprint density at radius 3 is 2.52 bits per heavy atom. The van der Waals surface area contributed by atoms with Crippen molar-refractivity contribution < 1.29 is 9.59 Å². The molecule has 0 spiro atoms. The maximum absolute atomic E-state index is 12.3. The second-order valence-corrected chi connectivity index (χ2v) is 7.40. The van der Waals surface area contributed by atoms with E-state index in [4.69, 9.17) is 5.73 Å². The molecule has 8 heteroatoms. The Kier molecular flexibility index (Phi) is 6.11. The maximum Gasteiger partial charge on any atom is 0.327 e. The number of nitrogens with two attached hydrogens (primary N) is 1. The van der Waals surface area contributed by atoms with E-state index in [0.29, 0.717) is 6.54 Å². The lowest BCUT2D eigenvalue weighted by molar-refractivity contribution is -0.128. The molecule has 27 heavy (non-hydrogen) atoms. The number of carbonyl (C=O) groups is 2. The van der Waals surface area contributed by atoms with Crippen LogP contribution in [0.4, 0.5) is 16.2 Å². The highest BCUT2D eigenvalue weighted by Crippen LogP contribution is 2.27. The normalized spacial score (nSPS) is 23.0. The van der Waals surface area contributed by atoms with Crippen LogP contribution < -0.4 is 10.6 Å². The van der Waals surface area contributed by atoms with Crippen LogP contribution in [0.3, 0.4) is 0 Å². The summed E-state index contributed by atoms with van der Waals surface area (Å²) >= 11 is 0. The number of imide groups is 1. The Bertz CT molecular complexity index is 670. The molecule has 148 valence electrons. The first kappa shape index (κ1) is 19.8. The van der Waals surface area contributed by atoms with Crippen molar-refractivity contribution in [2.75, 3.05) is 56.4 Å². The van der Waals surface area contributed by atoms with Gasteiger partial charge in [0.1, 0.15) is 6.04 Å². The summed E-state index contributed by atoms with van der Waals surface area (Å²) in [5.74, 6) is 0.0129. The SMILES string of the molecule is Cl.Nc1cccc(N2CCN(CCCN3C(=O)C4CCCN4C3=O)CC2)c1. The zero-order valence-electron chi connectivity index (χ0n) is 15.5. The molecule has 3 fully saturated rings. The van der Waals surface area contributed by atoms with Crippen molar-refractivity contribution in [2.45, 2.75) is 25.3 Å². The number of urea groups is 1. The van der Waals surface area contributed by atoms with Gasteiger partial charge in [-0.1, -0.05) is 6.07 Å². The Morgan fingerprint density at radius 1 is 1.04 bits per heavy atom. The van der Waals surface area contributed by atoms with Crippen LogP contribution in [0, 0.1) is 0 Å². The van der Waals surface area contributed by atoms with Crippen molar-refractivity contribution in [1.29, 1.82) is 0 Å². The van der Waals surface area contributed by atoms with Crippen molar-refractivity contribution in [3.05, 3.63) is 24.3 Å². The lowest BCUT2D eigenvalue weighted by Gasteiger charge is -2.36. The molecule has 3 saturated heterocycles. The number of fused-ring (bicyclic) bond motifs is 1. The van der Waals surface area contributed by atoms with Crippen LogP contribution in [-0.4, -0.2) is 78.5 Å². The van der Waals surface area contributed by atoms with E-state index in [1.54, 1.807) is 4.90 Å². The smallest absolute Gasteiger partial charge is 0.327 e. The van der Waals surface area contributed by atoms with E-state index in [0.717, 1.165) is 64.2 Å². The molecule has 3 amide bonds. The number of benzene rings is 1. The summed E-state index contributed by atoms with van der Waals surface area (Å²) in [7, 11) is 0. The van der Waals surface area contributed by atoms with Gasteiger partial charge in [0.05, 0.1) is 0 Å². The highest BCUT2D eigenvalue weighted by Gasteiger charge is 2.46. The van der Waals surface area contributed by atoms with Gasteiger partial charge in [0.25, 0.3) is 5.91 Å². The fourth-order valence-electron chi connectivity index (χ4n) is 4.29. The zero-order chi connectivity index (χ0) is 18.1. The van der Waals surface area contributed by atoms with Gasteiger partial charge in [0.15, 0.2) is 0 Å². The van der Waals surface area contributed by atoms with E-state index >= 15 is 0 Å². The number of carbonyl (C=O) groups excluding carboxylic acids is 2. The van der Waals surface area contributed by atoms with Gasteiger partial charge in [-0.25, -0.2) is 4.79 Å². The van der Waals surface area contributed by atoms with E-state index in [2.05, 4.69) is 15.9 Å². The van der Waals surface area contributed by atoms with E-state index in [1.165, 1.54) is 10.6 Å². The van der Waals surface area contributed by atoms with Crippen LogP contribution in [0.15, 0.2) is 24.3 Å². The number of amides is 3. The van der Waals surface area contributed by atoms with Gasteiger partial charge >= 0.3 is 6.03 Å². The highest BCUT2D eigenvalue weighted by atomic mass is 35.5. The Morgan fingerprint density at radius 2 is 1.81 bits per heavy atom. The third-order valence-electron chi connectivity index (χ3n) is 5.74. The van der Waals surface area contributed by atoms with Gasteiger partial charge in [-0.15, -0.1) is 12.4 Å². The minimum absolute atomic E-state index is 0. The first-order chi connectivity index (χ1) is 12.6. The number of halogens is 1. The summed E-state index contributed by atoms with van der Waals surface area (Å²) in [6.07, 6.45) is 2.62. The molecule has 0 bridgehead atoms. The topological polar surface area (TPSA) is 73.1 Å². The quantitative estimate of drug-likeness (QED) is 0.608. The molecule has 1 aromatic carbocycles. The number of hydrogen-bond acceptors (Lipinski definition) is 5. The molecule has 0 radical (unpaired) electrons. The van der Waals surface area contributed by atoms with Crippen LogP contribution >= 0.6 is 12.4 Å². The molecule has 3 heterocycles. The average Bonchev–Trinajstić information content (AvgIpc) is 3.22. The fraction of sp³-hybridized carbons (Fsp3) is 0.579. The number of rotatable bonds is 5. The molecular weight excluding hydrogens is 366 g/mol. The van der Waals surface area contributed by atoms with Crippen LogP contribution in [0.5, 0.6) is 0 Å². The van der Waals surface area contributed by atoms with Crippen molar-refractivity contribution in [3.63, 3.8) is 0 Å². The summed E-state index contributed by atoms with van der Waals surface area (Å²) in [6.45, 7) is 6.13. The van der Waals surface area contributed by atoms with Gasteiger partial charge in [-0.05, 0) is 44.0 Å². The maximum atomic E-state index is 12.3. The lowest BCUT2D eigenvalue weighted by Crippen LogP contribution is -2.47. The lowest BCUT2D eigenvalue weighted by atomic mass is 10.2. The van der Waals surface area contributed by atoms with E-state index < -0.39 is 0 Å². The van der Waals surface area contributed by atoms with Gasteiger partial charge < -0.3 is 15.5 Å². The van der Waals surface area contributed by atoms with E-state index in [-0.39, 0.29) is 30.4 Å². The molecule has 0 aliphatic carbocycles. The monoisotopic (exact) mass is 393 g/mol. The minimum Gasteiger partial charge on any atom is -0.399 e. The van der Waals surface area contributed by atoms with Crippen LogP contribution in [0.25, 0.3) is 0 Å². The first-order valence-electron chi connectivity index (χ1n) is 9.58. The van der Waals surface area contributed by atoms with E-state index in [1.807, 2.05) is 18.2 Å². The standard InChI is InChI=1S/C19H27N5O2.ClH/c20-15-4-1-5-16(14-15)22-12-10-21(11-13-22)7-3-9-24-18(25)17-6-2-8-23(17)19(24)26;/h1,4-5,14,17H,2-3,6-13,20H2;1H. The molecule has 1 atom stereocenters. The molecular formula is C19H28ClN5O2. The van der Waals surface area contributed by atoms with Crippen molar-refractivity contribution in [3.8, 4) is 0 Å². The Balaban J connectivity index is 0.00000210. The number of hydrogen-bond donors (Lipinski definition) is 1. The van der Waals surface area contributed by atoms with E-state index in [9.17, 15) is 9.59 Å². The van der Waals surface area contributed by atoms with Crippen molar-refractivity contribution >= 4 is 35.7 Å². The number of anilines is 2. The molecule has 4 rings (SSSR count). The third-order valence-corrected chi connectivity index (χ3v) is 5.74. The molecule has 1 aromatic rings. The molecule has 0 saturated carbocycles. The van der Waals surface area contributed by atoms with Gasteiger partial charge in [-0.2, -0.15) is 0 Å². The minimum atomic E-state index is -0.177. The molecule has 7 nitrogen and oxygen atoms in total. The van der Waals surface area contributed by atoms with Crippen LogP contribution in [0.1, 0.15) is 19.3 Å². The number of piperazine rings is 1. The summed E-state index contributed by atoms with van der Waals surface area (Å²) in [4.78, 5) is 32.6. The molecule has 3 aliphatic heterocycles. The fourth-order valence-corrected chi connectivity index (χ4v) is 4.29. The molecule has 0 aromatic heterocycles. The van der Waals surface area contributed by atoms with Gasteiger partial charge in [0, 0.05) is 50.6 Å². The molecule has 2 N–H and O–H groups in total. The first-order valence-corrected chi connectivity index (χ1v) is 9.58. The second kappa shape index (κ2) is 8.35. The van der Waals surface area contributed by atoms with Crippen LogP contribution in [-0.2, 0) is 4.79 Å². The summed E-state index contributed by atoms with van der Waals surface area (Å²) in [6, 6.07) is 7.76. The number of nitrogens with zero attached hydrogens (tertiary/aromatic N) is 4. The molecule has 3 aliphatic rings. The highest BCUT2D eigenvalue weighted by molar-refractivity contribution is 6.04. The zero-order valence-corrected chi connectivity index (χ0v) is 16.4. The Labute approximate surface area is 166 Å². The van der Waals surface area contributed by atoms with Crippen molar-refractivity contribution in [2.24, 2.45) is 0 Å². The van der Waals surface area contributed by atoms with Crippen molar-refractivity contribution in [1.82, 2.24) is 14.7 Å². The largest absolute Gasteiger partial charge is 0.399 e. The predicted molar refractivity (Wildman–Crippen MR) is 108 cm³/mol.